The highest BCUT2D eigenvalue weighted by Gasteiger charge is 2.28. The van der Waals surface area contributed by atoms with Gasteiger partial charge in [-0.05, 0) is 32.4 Å². The van der Waals surface area contributed by atoms with Crippen molar-refractivity contribution in [1.82, 2.24) is 10.3 Å². The van der Waals surface area contributed by atoms with Crippen molar-refractivity contribution in [3.8, 4) is 0 Å². The Balaban J connectivity index is 1.75. The van der Waals surface area contributed by atoms with Gasteiger partial charge in [-0.1, -0.05) is 0 Å². The molecule has 15 heavy (non-hydrogen) atoms. The van der Waals surface area contributed by atoms with Crippen LogP contribution in [0.25, 0.3) is 0 Å². The molecule has 1 aliphatic heterocycles. The summed E-state index contributed by atoms with van der Waals surface area (Å²) in [5, 5.41) is 6.85. The summed E-state index contributed by atoms with van der Waals surface area (Å²) in [6.45, 7) is 6.45. The fraction of sp³-hybridized carbons (Fsp3) is 0.727. The summed E-state index contributed by atoms with van der Waals surface area (Å²) in [4.78, 5) is 4.45. The van der Waals surface area contributed by atoms with Crippen LogP contribution in [0, 0.1) is 6.92 Å². The number of nitrogens with one attached hydrogen (secondary N) is 1. The number of rotatable bonds is 4. The van der Waals surface area contributed by atoms with Gasteiger partial charge in [0.2, 0.25) is 0 Å². The molecule has 0 aliphatic carbocycles. The van der Waals surface area contributed by atoms with Crippen LogP contribution in [0.5, 0.6) is 0 Å². The molecule has 0 spiro atoms. The minimum Gasteiger partial charge on any atom is -0.309 e. The molecule has 2 heterocycles. The number of aryl methyl sites for hydroxylation is 1. The molecular weight excluding hydrogens is 224 g/mol. The topological polar surface area (TPSA) is 24.9 Å². The Kier molecular flexibility index (Phi) is 3.69. The second kappa shape index (κ2) is 4.85. The summed E-state index contributed by atoms with van der Waals surface area (Å²) in [5.41, 5.74) is 1.14. The molecule has 0 aromatic carbocycles. The summed E-state index contributed by atoms with van der Waals surface area (Å²) >= 11 is 3.86. The first-order valence-corrected chi connectivity index (χ1v) is 7.30. The van der Waals surface area contributed by atoms with E-state index in [0.29, 0.717) is 4.75 Å². The van der Waals surface area contributed by atoms with Gasteiger partial charge in [0.1, 0.15) is 5.01 Å². The third-order valence-electron chi connectivity index (χ3n) is 2.74. The van der Waals surface area contributed by atoms with Crippen LogP contribution < -0.4 is 5.32 Å². The average molecular weight is 242 g/mol. The summed E-state index contributed by atoms with van der Waals surface area (Å²) < 4.78 is 0.465. The largest absolute Gasteiger partial charge is 0.309 e. The second-order valence-corrected chi connectivity index (χ2v) is 7.01. The van der Waals surface area contributed by atoms with E-state index in [0.717, 1.165) is 18.8 Å². The molecule has 1 aliphatic rings. The highest BCUT2D eigenvalue weighted by molar-refractivity contribution is 8.00. The quantitative estimate of drug-likeness (QED) is 0.879. The van der Waals surface area contributed by atoms with E-state index in [9.17, 15) is 0 Å². The Morgan fingerprint density at radius 3 is 3.07 bits per heavy atom. The zero-order valence-electron chi connectivity index (χ0n) is 9.38. The van der Waals surface area contributed by atoms with Crippen molar-refractivity contribution in [3.63, 3.8) is 0 Å². The molecule has 1 saturated heterocycles. The number of aromatic nitrogens is 1. The van der Waals surface area contributed by atoms with Crippen LogP contribution in [0.2, 0.25) is 0 Å². The maximum atomic E-state index is 4.45. The van der Waals surface area contributed by atoms with Crippen LogP contribution in [0.3, 0.4) is 0 Å². The minimum atomic E-state index is 0.465. The summed E-state index contributed by atoms with van der Waals surface area (Å²) in [5.74, 6) is 1.33. The van der Waals surface area contributed by atoms with E-state index in [-0.39, 0.29) is 0 Å². The molecule has 0 saturated carbocycles. The van der Waals surface area contributed by atoms with Crippen LogP contribution in [0.1, 0.15) is 30.5 Å². The Labute approximate surface area is 99.9 Å². The van der Waals surface area contributed by atoms with E-state index in [1.165, 1.54) is 23.6 Å². The minimum absolute atomic E-state index is 0.465. The van der Waals surface area contributed by atoms with Gasteiger partial charge >= 0.3 is 0 Å². The van der Waals surface area contributed by atoms with Crippen molar-refractivity contribution in [3.05, 3.63) is 16.1 Å². The maximum absolute atomic E-state index is 4.45. The lowest BCUT2D eigenvalue weighted by Gasteiger charge is -2.22. The van der Waals surface area contributed by atoms with E-state index in [1.807, 2.05) is 6.92 Å². The number of thioether (sulfide) groups is 1. The zero-order chi connectivity index (χ0) is 10.7. The average Bonchev–Trinajstić information content (AvgIpc) is 2.76. The summed E-state index contributed by atoms with van der Waals surface area (Å²) in [6.07, 6.45) is 2.72. The number of hydrogen-bond donors (Lipinski definition) is 1. The van der Waals surface area contributed by atoms with Gasteiger partial charge in [-0.15, -0.1) is 11.3 Å². The molecule has 2 rings (SSSR count). The van der Waals surface area contributed by atoms with Gasteiger partial charge in [0, 0.05) is 28.9 Å². The van der Waals surface area contributed by atoms with E-state index in [1.54, 1.807) is 11.3 Å². The molecule has 0 amide bonds. The van der Waals surface area contributed by atoms with Crippen LogP contribution in [0.4, 0.5) is 0 Å². The molecule has 84 valence electrons. The van der Waals surface area contributed by atoms with Gasteiger partial charge in [0.25, 0.3) is 0 Å². The van der Waals surface area contributed by atoms with Crippen LogP contribution in [0.15, 0.2) is 5.38 Å². The molecule has 1 N–H and O–H groups in total. The van der Waals surface area contributed by atoms with Crippen LogP contribution in [-0.2, 0) is 6.54 Å². The van der Waals surface area contributed by atoms with Gasteiger partial charge < -0.3 is 5.32 Å². The molecule has 1 fully saturated rings. The molecule has 1 atom stereocenters. The molecule has 1 aromatic heterocycles. The lowest BCUT2D eigenvalue weighted by molar-refractivity contribution is 0.536. The predicted octanol–water partition coefficient (Wildman–Crippen LogP) is 2.83. The van der Waals surface area contributed by atoms with Gasteiger partial charge in [-0.25, -0.2) is 4.98 Å². The van der Waals surface area contributed by atoms with Crippen molar-refractivity contribution in [2.75, 3.05) is 12.3 Å². The maximum Gasteiger partial charge on any atom is 0.107 e. The third-order valence-corrected chi connectivity index (χ3v) is 5.25. The first kappa shape index (κ1) is 11.4. The predicted molar refractivity (Wildman–Crippen MR) is 68.7 cm³/mol. The smallest absolute Gasteiger partial charge is 0.107 e. The Bertz CT molecular complexity index is 316. The van der Waals surface area contributed by atoms with Crippen LogP contribution in [-0.4, -0.2) is 22.0 Å². The highest BCUT2D eigenvalue weighted by Crippen LogP contribution is 2.36. The van der Waals surface area contributed by atoms with Crippen molar-refractivity contribution in [1.29, 1.82) is 0 Å². The standard InChI is InChI=1S/C11H18N2S2/c1-9-7-14-10(13-9)6-12-8-11(2)4-3-5-15-11/h7,12H,3-6,8H2,1-2H3. The SMILES string of the molecule is Cc1csc(CNCC2(C)CCCS2)n1. The van der Waals surface area contributed by atoms with Gasteiger partial charge in [-0.3, -0.25) is 0 Å². The van der Waals surface area contributed by atoms with E-state index in [2.05, 4.69) is 34.4 Å². The van der Waals surface area contributed by atoms with Gasteiger partial charge in [-0.2, -0.15) is 11.8 Å². The molecule has 2 nitrogen and oxygen atoms in total. The molecule has 4 heteroatoms. The number of thiazole rings is 1. The fourth-order valence-electron chi connectivity index (χ4n) is 1.89. The first-order valence-electron chi connectivity index (χ1n) is 5.44. The Morgan fingerprint density at radius 1 is 1.60 bits per heavy atom. The number of nitrogens with zero attached hydrogens (tertiary/aromatic N) is 1. The zero-order valence-corrected chi connectivity index (χ0v) is 11.0. The Hall–Kier alpha value is -0.0600. The van der Waals surface area contributed by atoms with E-state index < -0.39 is 0 Å². The van der Waals surface area contributed by atoms with Crippen molar-refractivity contribution >= 4 is 23.1 Å². The Morgan fingerprint density at radius 2 is 2.47 bits per heavy atom. The lowest BCUT2D eigenvalue weighted by Crippen LogP contribution is -2.32. The lowest BCUT2D eigenvalue weighted by atomic mass is 10.1. The van der Waals surface area contributed by atoms with Gasteiger partial charge in [0.15, 0.2) is 0 Å². The van der Waals surface area contributed by atoms with Crippen molar-refractivity contribution in [2.45, 2.75) is 38.0 Å². The third kappa shape index (κ3) is 3.20. The number of hydrogen-bond acceptors (Lipinski definition) is 4. The molecule has 1 unspecified atom stereocenters. The molecular formula is C11H18N2S2. The molecule has 0 radical (unpaired) electrons. The first-order chi connectivity index (χ1) is 7.18. The second-order valence-electron chi connectivity index (χ2n) is 4.39. The van der Waals surface area contributed by atoms with Crippen molar-refractivity contribution < 1.29 is 0 Å². The van der Waals surface area contributed by atoms with Crippen LogP contribution >= 0.6 is 23.1 Å². The molecule has 1 aromatic rings. The molecule has 0 bridgehead atoms. The van der Waals surface area contributed by atoms with E-state index in [4.69, 9.17) is 0 Å². The summed E-state index contributed by atoms with van der Waals surface area (Å²) in [7, 11) is 0. The monoisotopic (exact) mass is 242 g/mol. The van der Waals surface area contributed by atoms with Gasteiger partial charge in [0.05, 0.1) is 0 Å². The highest BCUT2D eigenvalue weighted by atomic mass is 32.2. The van der Waals surface area contributed by atoms with Crippen molar-refractivity contribution in [2.24, 2.45) is 0 Å². The summed E-state index contributed by atoms with van der Waals surface area (Å²) in [6, 6.07) is 0. The fourth-order valence-corrected chi connectivity index (χ4v) is 3.91. The van der Waals surface area contributed by atoms with E-state index >= 15 is 0 Å². The normalized spacial score (nSPS) is 26.0.